The molecule has 23 heavy (non-hydrogen) atoms. The van der Waals surface area contributed by atoms with Gasteiger partial charge in [-0.05, 0) is 43.3 Å². The van der Waals surface area contributed by atoms with E-state index in [9.17, 15) is 4.79 Å². The molecule has 0 atom stereocenters. The lowest BCUT2D eigenvalue weighted by atomic mass is 10.2. The van der Waals surface area contributed by atoms with Crippen molar-refractivity contribution in [2.45, 2.75) is 13.3 Å². The summed E-state index contributed by atoms with van der Waals surface area (Å²) in [4.78, 5) is 12.3. The maximum atomic E-state index is 12.3. The molecule has 2 aromatic carbocycles. The van der Waals surface area contributed by atoms with E-state index in [1.165, 1.54) is 0 Å². The topological polar surface area (TPSA) is 47.9 Å². The Balaban J connectivity index is 1.66. The number of hydrazine groups is 1. The third-order valence-corrected chi connectivity index (χ3v) is 3.82. The highest BCUT2D eigenvalue weighted by Gasteiger charge is 2.14. The number of carbonyl (C=O) groups excluding carboxylic acids is 1. The van der Waals surface area contributed by atoms with Crippen LogP contribution in [0.25, 0.3) is 0 Å². The van der Waals surface area contributed by atoms with E-state index in [-0.39, 0.29) is 5.91 Å². The number of hydrazone groups is 1. The van der Waals surface area contributed by atoms with Gasteiger partial charge in [0, 0.05) is 31.3 Å². The minimum absolute atomic E-state index is 0.135. The molecule has 1 heterocycles. The Morgan fingerprint density at radius 2 is 1.83 bits per heavy atom. The quantitative estimate of drug-likeness (QED) is 0.883. The standard InChI is InChI=1S/C18H20N4O/c1-14-12-13-22(19-14)17-10-8-15(9-11-17)18(23)20-21(2)16-6-4-3-5-7-16/h3-11H,12-13H2,1-2H3,(H,20,23). The van der Waals surface area contributed by atoms with Gasteiger partial charge >= 0.3 is 0 Å². The van der Waals surface area contributed by atoms with Gasteiger partial charge in [0.25, 0.3) is 5.91 Å². The fourth-order valence-electron chi connectivity index (χ4n) is 2.48. The molecular weight excluding hydrogens is 288 g/mol. The summed E-state index contributed by atoms with van der Waals surface area (Å²) in [6.45, 7) is 2.93. The van der Waals surface area contributed by atoms with Crippen LogP contribution in [0.2, 0.25) is 0 Å². The van der Waals surface area contributed by atoms with Crippen LogP contribution in [0.1, 0.15) is 23.7 Å². The number of para-hydroxylation sites is 1. The molecule has 5 heteroatoms. The van der Waals surface area contributed by atoms with Crippen LogP contribution in [-0.2, 0) is 0 Å². The van der Waals surface area contributed by atoms with E-state index >= 15 is 0 Å². The minimum atomic E-state index is -0.135. The molecule has 1 aliphatic heterocycles. The zero-order valence-electron chi connectivity index (χ0n) is 13.4. The Kier molecular flexibility index (Phi) is 4.28. The summed E-state index contributed by atoms with van der Waals surface area (Å²) < 4.78 is 0. The van der Waals surface area contributed by atoms with Crippen molar-refractivity contribution in [2.24, 2.45) is 5.10 Å². The smallest absolute Gasteiger partial charge is 0.269 e. The first kappa shape index (κ1) is 15.1. The molecule has 0 fully saturated rings. The van der Waals surface area contributed by atoms with Crippen LogP contribution in [0.3, 0.4) is 0 Å². The second kappa shape index (κ2) is 6.52. The van der Waals surface area contributed by atoms with E-state index in [4.69, 9.17) is 0 Å². The second-order valence-electron chi connectivity index (χ2n) is 5.59. The number of nitrogens with zero attached hydrogens (tertiary/aromatic N) is 3. The molecule has 1 amide bonds. The molecule has 0 saturated carbocycles. The molecular formula is C18H20N4O. The van der Waals surface area contributed by atoms with Gasteiger partial charge in [-0.2, -0.15) is 5.10 Å². The van der Waals surface area contributed by atoms with Crippen molar-refractivity contribution < 1.29 is 4.79 Å². The van der Waals surface area contributed by atoms with Gasteiger partial charge in [0.05, 0.1) is 11.4 Å². The van der Waals surface area contributed by atoms with Crippen LogP contribution in [0.4, 0.5) is 11.4 Å². The highest BCUT2D eigenvalue weighted by molar-refractivity contribution is 5.95. The molecule has 0 radical (unpaired) electrons. The number of hydrogen-bond acceptors (Lipinski definition) is 4. The van der Waals surface area contributed by atoms with E-state index in [1.807, 2.05) is 73.6 Å². The van der Waals surface area contributed by atoms with Crippen molar-refractivity contribution in [2.75, 3.05) is 23.6 Å². The average Bonchev–Trinajstić information content (AvgIpc) is 3.02. The lowest BCUT2D eigenvalue weighted by Crippen LogP contribution is -2.39. The summed E-state index contributed by atoms with van der Waals surface area (Å²) in [7, 11) is 1.82. The normalized spacial score (nSPS) is 13.7. The van der Waals surface area contributed by atoms with Crippen LogP contribution in [0.15, 0.2) is 59.7 Å². The first-order chi connectivity index (χ1) is 11.1. The summed E-state index contributed by atoms with van der Waals surface area (Å²) >= 11 is 0. The number of rotatable bonds is 4. The largest absolute Gasteiger partial charge is 0.288 e. The first-order valence-electron chi connectivity index (χ1n) is 7.65. The molecule has 2 aromatic rings. The maximum Gasteiger partial charge on any atom is 0.269 e. The maximum absolute atomic E-state index is 12.3. The number of benzene rings is 2. The number of hydrogen-bond donors (Lipinski definition) is 1. The Morgan fingerprint density at radius 3 is 2.43 bits per heavy atom. The summed E-state index contributed by atoms with van der Waals surface area (Å²) in [6, 6.07) is 17.2. The zero-order valence-corrected chi connectivity index (χ0v) is 13.4. The molecule has 0 saturated heterocycles. The van der Waals surface area contributed by atoms with Gasteiger partial charge in [0.15, 0.2) is 0 Å². The third-order valence-electron chi connectivity index (χ3n) is 3.82. The van der Waals surface area contributed by atoms with Crippen LogP contribution >= 0.6 is 0 Å². The zero-order chi connectivity index (χ0) is 16.2. The Morgan fingerprint density at radius 1 is 1.13 bits per heavy atom. The molecule has 1 aliphatic rings. The fraction of sp³-hybridized carbons (Fsp3) is 0.222. The summed E-state index contributed by atoms with van der Waals surface area (Å²) in [5.41, 5.74) is 6.56. The first-order valence-corrected chi connectivity index (χ1v) is 7.65. The van der Waals surface area contributed by atoms with Crippen molar-refractivity contribution in [3.63, 3.8) is 0 Å². The highest BCUT2D eigenvalue weighted by Crippen LogP contribution is 2.20. The second-order valence-corrected chi connectivity index (χ2v) is 5.59. The van der Waals surface area contributed by atoms with E-state index < -0.39 is 0 Å². The fourth-order valence-corrected chi connectivity index (χ4v) is 2.48. The molecule has 0 bridgehead atoms. The summed E-state index contributed by atoms with van der Waals surface area (Å²) in [5.74, 6) is -0.135. The lowest BCUT2D eigenvalue weighted by molar-refractivity contribution is 0.0951. The Labute approximate surface area is 136 Å². The van der Waals surface area contributed by atoms with Gasteiger partial charge in [-0.25, -0.2) is 0 Å². The van der Waals surface area contributed by atoms with Crippen LogP contribution in [0, 0.1) is 0 Å². The monoisotopic (exact) mass is 308 g/mol. The van der Waals surface area contributed by atoms with E-state index in [0.29, 0.717) is 5.56 Å². The van der Waals surface area contributed by atoms with E-state index in [2.05, 4.69) is 10.5 Å². The third kappa shape index (κ3) is 3.51. The number of amides is 1. The molecule has 0 spiro atoms. The summed E-state index contributed by atoms with van der Waals surface area (Å²) in [5, 5.41) is 8.14. The van der Waals surface area contributed by atoms with Gasteiger partial charge in [0.1, 0.15) is 0 Å². The van der Waals surface area contributed by atoms with Crippen LogP contribution in [0.5, 0.6) is 0 Å². The molecule has 5 nitrogen and oxygen atoms in total. The number of nitrogens with one attached hydrogen (secondary N) is 1. The van der Waals surface area contributed by atoms with Crippen molar-refractivity contribution in [3.8, 4) is 0 Å². The lowest BCUT2D eigenvalue weighted by Gasteiger charge is -2.20. The minimum Gasteiger partial charge on any atom is -0.288 e. The van der Waals surface area contributed by atoms with Crippen molar-refractivity contribution in [3.05, 3.63) is 60.2 Å². The summed E-state index contributed by atoms with van der Waals surface area (Å²) in [6.07, 6.45) is 0.990. The Bertz CT molecular complexity index is 710. The molecule has 0 aromatic heterocycles. The number of anilines is 2. The molecule has 0 aliphatic carbocycles. The molecule has 3 rings (SSSR count). The Hall–Kier alpha value is -2.82. The van der Waals surface area contributed by atoms with E-state index in [1.54, 1.807) is 5.01 Å². The van der Waals surface area contributed by atoms with Gasteiger partial charge in [-0.3, -0.25) is 20.2 Å². The molecule has 1 N–H and O–H groups in total. The van der Waals surface area contributed by atoms with Gasteiger partial charge < -0.3 is 0 Å². The van der Waals surface area contributed by atoms with Gasteiger partial charge in [-0.15, -0.1) is 0 Å². The van der Waals surface area contributed by atoms with Crippen molar-refractivity contribution in [1.29, 1.82) is 0 Å². The van der Waals surface area contributed by atoms with Crippen LogP contribution in [-0.4, -0.2) is 25.2 Å². The van der Waals surface area contributed by atoms with Gasteiger partial charge in [0.2, 0.25) is 0 Å². The number of carbonyl (C=O) groups is 1. The predicted molar refractivity (Wildman–Crippen MR) is 93.8 cm³/mol. The van der Waals surface area contributed by atoms with E-state index in [0.717, 1.165) is 30.1 Å². The van der Waals surface area contributed by atoms with Crippen molar-refractivity contribution >= 4 is 23.0 Å². The van der Waals surface area contributed by atoms with Crippen molar-refractivity contribution in [1.82, 2.24) is 5.43 Å². The SMILES string of the molecule is CC1=NN(c2ccc(C(=O)NN(C)c3ccccc3)cc2)CC1. The predicted octanol–water partition coefficient (Wildman–Crippen LogP) is 3.05. The molecule has 118 valence electrons. The average molecular weight is 308 g/mol. The highest BCUT2D eigenvalue weighted by atomic mass is 16.2. The molecule has 0 unspecified atom stereocenters. The van der Waals surface area contributed by atoms with Gasteiger partial charge in [-0.1, -0.05) is 18.2 Å². The van der Waals surface area contributed by atoms with Crippen LogP contribution < -0.4 is 15.4 Å².